The second-order valence-electron chi connectivity index (χ2n) is 2.96. The first-order valence-corrected chi connectivity index (χ1v) is 5.42. The lowest BCUT2D eigenvalue weighted by Gasteiger charge is -2.09. The van der Waals surface area contributed by atoms with E-state index in [2.05, 4.69) is 11.9 Å². The molecule has 0 radical (unpaired) electrons. The van der Waals surface area contributed by atoms with Gasteiger partial charge in [0.05, 0.1) is 11.6 Å². The van der Waals surface area contributed by atoms with E-state index in [4.69, 9.17) is 10.5 Å². The Balaban J connectivity index is 2.14. The van der Waals surface area contributed by atoms with Crippen molar-refractivity contribution in [3.05, 3.63) is 16.6 Å². The van der Waals surface area contributed by atoms with Gasteiger partial charge in [-0.1, -0.05) is 6.92 Å². The highest BCUT2D eigenvalue weighted by atomic mass is 32.1. The smallest absolute Gasteiger partial charge is 0.0941 e. The summed E-state index contributed by atoms with van der Waals surface area (Å²) in [5.74, 6) is 0. The van der Waals surface area contributed by atoms with E-state index in [0.29, 0.717) is 6.61 Å². The predicted molar refractivity (Wildman–Crippen MR) is 54.9 cm³/mol. The minimum Gasteiger partial charge on any atom is -0.380 e. The van der Waals surface area contributed by atoms with Crippen LogP contribution in [0.15, 0.2) is 11.6 Å². The van der Waals surface area contributed by atoms with Gasteiger partial charge in [0.15, 0.2) is 0 Å². The Morgan fingerprint density at radius 2 is 2.54 bits per heavy atom. The first-order chi connectivity index (χ1) is 6.33. The standard InChI is InChI=1S/C9H16N2OS/c1-2-4-12-7-8(10)6-9-11-3-5-13-9/h3,5,8H,2,4,6-7,10H2,1H3. The molecule has 0 saturated carbocycles. The number of ether oxygens (including phenoxy) is 1. The van der Waals surface area contributed by atoms with Crippen molar-refractivity contribution < 1.29 is 4.74 Å². The van der Waals surface area contributed by atoms with Crippen molar-refractivity contribution in [3.8, 4) is 0 Å². The molecular weight excluding hydrogens is 184 g/mol. The van der Waals surface area contributed by atoms with Crippen molar-refractivity contribution in [2.75, 3.05) is 13.2 Å². The Morgan fingerprint density at radius 3 is 3.15 bits per heavy atom. The molecule has 1 aromatic heterocycles. The topological polar surface area (TPSA) is 48.1 Å². The molecule has 1 heterocycles. The minimum atomic E-state index is 0.0812. The van der Waals surface area contributed by atoms with E-state index >= 15 is 0 Å². The van der Waals surface area contributed by atoms with Crippen molar-refractivity contribution in [1.29, 1.82) is 0 Å². The second kappa shape index (κ2) is 6.07. The van der Waals surface area contributed by atoms with Crippen LogP contribution in [0.3, 0.4) is 0 Å². The zero-order valence-corrected chi connectivity index (χ0v) is 8.72. The fourth-order valence-electron chi connectivity index (χ4n) is 1.02. The first-order valence-electron chi connectivity index (χ1n) is 4.54. The molecule has 0 spiro atoms. The largest absolute Gasteiger partial charge is 0.380 e. The number of thiazole rings is 1. The molecule has 0 fully saturated rings. The van der Waals surface area contributed by atoms with Crippen LogP contribution in [0.4, 0.5) is 0 Å². The maximum Gasteiger partial charge on any atom is 0.0941 e. The van der Waals surface area contributed by atoms with E-state index in [-0.39, 0.29) is 6.04 Å². The van der Waals surface area contributed by atoms with Crippen LogP contribution in [-0.4, -0.2) is 24.2 Å². The van der Waals surface area contributed by atoms with Crippen LogP contribution in [0.2, 0.25) is 0 Å². The maximum atomic E-state index is 5.85. The van der Waals surface area contributed by atoms with Crippen LogP contribution < -0.4 is 5.73 Å². The molecule has 0 saturated heterocycles. The third-order valence-corrected chi connectivity index (χ3v) is 2.40. The highest BCUT2D eigenvalue weighted by Crippen LogP contribution is 2.06. The summed E-state index contributed by atoms with van der Waals surface area (Å²) in [6.07, 6.45) is 3.67. The van der Waals surface area contributed by atoms with Crippen LogP contribution in [0.1, 0.15) is 18.4 Å². The van der Waals surface area contributed by atoms with E-state index in [0.717, 1.165) is 24.5 Å². The summed E-state index contributed by atoms with van der Waals surface area (Å²) in [4.78, 5) is 4.17. The second-order valence-corrected chi connectivity index (χ2v) is 3.94. The van der Waals surface area contributed by atoms with E-state index in [1.807, 2.05) is 5.38 Å². The lowest BCUT2D eigenvalue weighted by Crippen LogP contribution is -2.28. The molecule has 4 heteroatoms. The Labute approximate surface area is 82.9 Å². The molecule has 0 bridgehead atoms. The van der Waals surface area contributed by atoms with Gasteiger partial charge >= 0.3 is 0 Å². The lowest BCUT2D eigenvalue weighted by atomic mass is 10.2. The SMILES string of the molecule is CCCOCC(N)Cc1nccs1. The number of hydrogen-bond acceptors (Lipinski definition) is 4. The molecule has 0 aliphatic heterocycles. The Kier molecular flexibility index (Phi) is 4.97. The van der Waals surface area contributed by atoms with Gasteiger partial charge in [-0.25, -0.2) is 4.98 Å². The zero-order valence-electron chi connectivity index (χ0n) is 7.90. The van der Waals surface area contributed by atoms with Gasteiger partial charge in [-0.15, -0.1) is 11.3 Å². The number of hydrogen-bond donors (Lipinski definition) is 1. The third-order valence-electron chi connectivity index (χ3n) is 1.60. The summed E-state index contributed by atoms with van der Waals surface area (Å²) in [7, 11) is 0. The molecule has 74 valence electrons. The molecule has 1 unspecified atom stereocenters. The molecule has 0 amide bonds. The highest BCUT2D eigenvalue weighted by molar-refractivity contribution is 7.09. The highest BCUT2D eigenvalue weighted by Gasteiger charge is 2.05. The van der Waals surface area contributed by atoms with Crippen molar-refractivity contribution in [2.45, 2.75) is 25.8 Å². The molecular formula is C9H16N2OS. The molecule has 1 rings (SSSR count). The van der Waals surface area contributed by atoms with Gasteiger partial charge in [0.1, 0.15) is 0 Å². The van der Waals surface area contributed by atoms with Crippen LogP contribution in [0, 0.1) is 0 Å². The summed E-state index contributed by atoms with van der Waals surface area (Å²) in [6.45, 7) is 3.52. The molecule has 1 atom stereocenters. The van der Waals surface area contributed by atoms with Gasteiger partial charge in [-0.3, -0.25) is 0 Å². The summed E-state index contributed by atoms with van der Waals surface area (Å²) in [6, 6.07) is 0.0812. The van der Waals surface area contributed by atoms with Crippen molar-refractivity contribution in [2.24, 2.45) is 5.73 Å². The zero-order chi connectivity index (χ0) is 9.52. The Hall–Kier alpha value is -0.450. The van der Waals surface area contributed by atoms with Crippen molar-refractivity contribution >= 4 is 11.3 Å². The van der Waals surface area contributed by atoms with E-state index in [1.54, 1.807) is 17.5 Å². The number of nitrogens with zero attached hydrogens (tertiary/aromatic N) is 1. The van der Waals surface area contributed by atoms with Gasteiger partial charge in [0.25, 0.3) is 0 Å². The number of rotatable bonds is 6. The van der Waals surface area contributed by atoms with E-state index in [9.17, 15) is 0 Å². The normalized spacial score (nSPS) is 13.1. The Bertz CT molecular complexity index is 213. The van der Waals surface area contributed by atoms with E-state index in [1.165, 1.54) is 0 Å². The lowest BCUT2D eigenvalue weighted by molar-refractivity contribution is 0.121. The van der Waals surface area contributed by atoms with Gasteiger partial charge < -0.3 is 10.5 Å². The summed E-state index contributed by atoms with van der Waals surface area (Å²) in [5.41, 5.74) is 5.85. The quantitative estimate of drug-likeness (QED) is 0.707. The monoisotopic (exact) mass is 200 g/mol. The van der Waals surface area contributed by atoms with Crippen molar-refractivity contribution in [3.63, 3.8) is 0 Å². The summed E-state index contributed by atoms with van der Waals surface area (Å²) >= 11 is 1.64. The minimum absolute atomic E-state index is 0.0812. The molecule has 0 aromatic carbocycles. The van der Waals surface area contributed by atoms with Crippen LogP contribution >= 0.6 is 11.3 Å². The van der Waals surface area contributed by atoms with Crippen molar-refractivity contribution in [1.82, 2.24) is 4.98 Å². The number of nitrogens with two attached hydrogens (primary N) is 1. The molecule has 3 nitrogen and oxygen atoms in total. The van der Waals surface area contributed by atoms with Crippen LogP contribution in [0.25, 0.3) is 0 Å². The maximum absolute atomic E-state index is 5.85. The molecule has 0 aliphatic rings. The summed E-state index contributed by atoms with van der Waals surface area (Å²) in [5, 5.41) is 3.06. The number of aromatic nitrogens is 1. The van der Waals surface area contributed by atoms with Gasteiger partial charge in [-0.05, 0) is 6.42 Å². The van der Waals surface area contributed by atoms with E-state index < -0.39 is 0 Å². The fourth-order valence-corrected chi connectivity index (χ4v) is 1.73. The van der Waals surface area contributed by atoms with Crippen LogP contribution in [-0.2, 0) is 11.2 Å². The average molecular weight is 200 g/mol. The molecule has 1 aromatic rings. The first kappa shape index (κ1) is 10.6. The van der Waals surface area contributed by atoms with Gasteiger partial charge in [0, 0.05) is 30.6 Å². The average Bonchev–Trinajstić information content (AvgIpc) is 2.57. The van der Waals surface area contributed by atoms with Gasteiger partial charge in [0.2, 0.25) is 0 Å². The molecule has 0 aliphatic carbocycles. The molecule has 2 N–H and O–H groups in total. The predicted octanol–water partition coefficient (Wildman–Crippen LogP) is 1.44. The third kappa shape index (κ3) is 4.36. The molecule has 13 heavy (non-hydrogen) atoms. The van der Waals surface area contributed by atoms with Gasteiger partial charge in [-0.2, -0.15) is 0 Å². The Morgan fingerprint density at radius 1 is 1.69 bits per heavy atom. The van der Waals surface area contributed by atoms with Crippen LogP contribution in [0.5, 0.6) is 0 Å². The fraction of sp³-hybridized carbons (Fsp3) is 0.667. The summed E-state index contributed by atoms with van der Waals surface area (Å²) < 4.78 is 5.35.